The van der Waals surface area contributed by atoms with Crippen LogP contribution in [0.3, 0.4) is 0 Å². The van der Waals surface area contributed by atoms with Crippen LogP contribution in [0.25, 0.3) is 0 Å². The standard InChI is InChI=1S/C21H25N5O2/c1-13-6-7-14(2)17(10-13)26-18(27)9-8-16(25-26)19(28)24-15-11-22-20(23-12-15)21(3,4)5/h6-7,10-12H,8-9H2,1-5H3,(H,24,28). The van der Waals surface area contributed by atoms with E-state index in [0.717, 1.165) is 11.1 Å². The van der Waals surface area contributed by atoms with Crippen LogP contribution in [0, 0.1) is 13.8 Å². The van der Waals surface area contributed by atoms with Gasteiger partial charge >= 0.3 is 0 Å². The summed E-state index contributed by atoms with van der Waals surface area (Å²) >= 11 is 0. The van der Waals surface area contributed by atoms with Crippen molar-refractivity contribution in [3.63, 3.8) is 0 Å². The lowest BCUT2D eigenvalue weighted by Gasteiger charge is -2.24. The second-order valence-electron chi connectivity index (χ2n) is 8.04. The molecule has 0 atom stereocenters. The number of carbonyl (C=O) groups is 2. The maximum Gasteiger partial charge on any atom is 0.271 e. The summed E-state index contributed by atoms with van der Waals surface area (Å²) in [5.74, 6) is 0.227. The molecule has 2 heterocycles. The first kappa shape index (κ1) is 19.7. The minimum atomic E-state index is -0.352. The fourth-order valence-electron chi connectivity index (χ4n) is 2.84. The van der Waals surface area contributed by atoms with Crippen molar-refractivity contribution in [3.05, 3.63) is 47.5 Å². The molecule has 2 amide bonds. The number of hydrogen-bond acceptors (Lipinski definition) is 5. The Balaban J connectivity index is 1.81. The molecule has 1 aromatic carbocycles. The van der Waals surface area contributed by atoms with Crippen LogP contribution < -0.4 is 10.3 Å². The third-order valence-corrected chi connectivity index (χ3v) is 4.47. The molecule has 0 bridgehead atoms. The van der Waals surface area contributed by atoms with Crippen molar-refractivity contribution in [2.45, 2.75) is 52.9 Å². The Bertz CT molecular complexity index is 942. The molecular formula is C21H25N5O2. The Morgan fingerprint density at radius 1 is 1.11 bits per heavy atom. The first-order valence-corrected chi connectivity index (χ1v) is 9.27. The van der Waals surface area contributed by atoms with Crippen molar-refractivity contribution in [2.24, 2.45) is 5.10 Å². The average Bonchev–Trinajstić information content (AvgIpc) is 2.64. The molecule has 146 valence electrons. The Labute approximate surface area is 164 Å². The SMILES string of the molecule is Cc1ccc(C)c(N2N=C(C(=O)Nc3cnc(C(C)(C)C)nc3)CCC2=O)c1. The van der Waals surface area contributed by atoms with Crippen LogP contribution >= 0.6 is 0 Å². The van der Waals surface area contributed by atoms with Crippen molar-refractivity contribution >= 4 is 28.9 Å². The lowest BCUT2D eigenvalue weighted by atomic mass is 9.96. The minimum absolute atomic E-state index is 0.122. The van der Waals surface area contributed by atoms with Gasteiger partial charge in [-0.05, 0) is 31.0 Å². The molecule has 1 aliphatic heterocycles. The van der Waals surface area contributed by atoms with Crippen molar-refractivity contribution < 1.29 is 9.59 Å². The summed E-state index contributed by atoms with van der Waals surface area (Å²) in [5.41, 5.74) is 3.29. The number of anilines is 2. The van der Waals surface area contributed by atoms with Gasteiger partial charge < -0.3 is 5.32 Å². The molecule has 0 fully saturated rings. The number of rotatable bonds is 3. The normalized spacial score (nSPS) is 14.7. The van der Waals surface area contributed by atoms with E-state index >= 15 is 0 Å². The van der Waals surface area contributed by atoms with Crippen molar-refractivity contribution in [1.82, 2.24) is 9.97 Å². The maximum atomic E-state index is 12.6. The van der Waals surface area contributed by atoms with Gasteiger partial charge in [-0.15, -0.1) is 0 Å². The highest BCUT2D eigenvalue weighted by Gasteiger charge is 2.27. The molecule has 1 N–H and O–H groups in total. The van der Waals surface area contributed by atoms with Crippen molar-refractivity contribution in [3.8, 4) is 0 Å². The van der Waals surface area contributed by atoms with E-state index in [1.54, 1.807) is 12.4 Å². The second-order valence-corrected chi connectivity index (χ2v) is 8.04. The first-order valence-electron chi connectivity index (χ1n) is 9.27. The summed E-state index contributed by atoms with van der Waals surface area (Å²) in [5, 5.41) is 8.44. The maximum absolute atomic E-state index is 12.6. The number of benzene rings is 1. The van der Waals surface area contributed by atoms with Crippen LogP contribution in [-0.4, -0.2) is 27.5 Å². The van der Waals surface area contributed by atoms with Crippen molar-refractivity contribution in [2.75, 3.05) is 10.3 Å². The number of hydrazone groups is 1. The molecule has 0 spiro atoms. The summed E-state index contributed by atoms with van der Waals surface area (Å²) in [6, 6.07) is 5.82. The summed E-state index contributed by atoms with van der Waals surface area (Å²) < 4.78 is 0. The molecule has 7 heteroatoms. The lowest BCUT2D eigenvalue weighted by molar-refractivity contribution is -0.118. The number of nitrogens with one attached hydrogen (secondary N) is 1. The number of aromatic nitrogens is 2. The summed E-state index contributed by atoms with van der Waals surface area (Å²) in [6.07, 6.45) is 3.71. The first-order chi connectivity index (χ1) is 13.1. The van der Waals surface area contributed by atoms with E-state index in [4.69, 9.17) is 0 Å². The van der Waals surface area contributed by atoms with E-state index in [9.17, 15) is 9.59 Å². The lowest BCUT2D eigenvalue weighted by Crippen LogP contribution is -2.36. The zero-order valence-corrected chi connectivity index (χ0v) is 16.9. The second kappa shape index (κ2) is 7.50. The Kier molecular flexibility index (Phi) is 5.27. The predicted molar refractivity (Wildman–Crippen MR) is 109 cm³/mol. The van der Waals surface area contributed by atoms with E-state index < -0.39 is 0 Å². The van der Waals surface area contributed by atoms with Crippen LogP contribution in [-0.2, 0) is 15.0 Å². The van der Waals surface area contributed by atoms with Gasteiger partial charge in [0, 0.05) is 18.3 Å². The Morgan fingerprint density at radius 2 is 1.79 bits per heavy atom. The molecule has 7 nitrogen and oxygen atoms in total. The zero-order valence-electron chi connectivity index (χ0n) is 16.9. The molecule has 1 aliphatic rings. The highest BCUT2D eigenvalue weighted by molar-refractivity contribution is 6.44. The predicted octanol–water partition coefficient (Wildman–Crippen LogP) is 3.51. The Hall–Kier alpha value is -3.09. The van der Waals surface area contributed by atoms with E-state index in [2.05, 4.69) is 20.4 Å². The largest absolute Gasteiger partial charge is 0.318 e. The number of carbonyl (C=O) groups excluding carboxylic acids is 2. The molecule has 0 radical (unpaired) electrons. The minimum Gasteiger partial charge on any atom is -0.318 e. The molecule has 0 unspecified atom stereocenters. The fraction of sp³-hybridized carbons (Fsp3) is 0.381. The van der Waals surface area contributed by atoms with E-state index in [1.807, 2.05) is 52.8 Å². The van der Waals surface area contributed by atoms with Gasteiger partial charge in [-0.1, -0.05) is 32.9 Å². The van der Waals surface area contributed by atoms with Gasteiger partial charge in [0.15, 0.2) is 0 Å². The summed E-state index contributed by atoms with van der Waals surface area (Å²) in [6.45, 7) is 9.94. The quantitative estimate of drug-likeness (QED) is 0.884. The summed E-state index contributed by atoms with van der Waals surface area (Å²) in [4.78, 5) is 33.7. The third-order valence-electron chi connectivity index (χ3n) is 4.47. The average molecular weight is 379 g/mol. The monoisotopic (exact) mass is 379 g/mol. The third kappa shape index (κ3) is 4.24. The van der Waals surface area contributed by atoms with Crippen LogP contribution in [0.1, 0.15) is 50.6 Å². The highest BCUT2D eigenvalue weighted by atomic mass is 16.2. The van der Waals surface area contributed by atoms with Crippen LogP contribution in [0.15, 0.2) is 35.7 Å². The van der Waals surface area contributed by atoms with Gasteiger partial charge in [-0.3, -0.25) is 9.59 Å². The molecule has 0 aliphatic carbocycles. The summed E-state index contributed by atoms with van der Waals surface area (Å²) in [7, 11) is 0. The van der Waals surface area contributed by atoms with Gasteiger partial charge in [0.2, 0.25) is 5.91 Å². The molecular weight excluding hydrogens is 354 g/mol. The molecule has 0 saturated heterocycles. The van der Waals surface area contributed by atoms with E-state index in [-0.39, 0.29) is 23.7 Å². The molecule has 2 aromatic rings. The van der Waals surface area contributed by atoms with Gasteiger partial charge in [0.1, 0.15) is 11.5 Å². The Morgan fingerprint density at radius 3 is 2.43 bits per heavy atom. The number of hydrogen-bond donors (Lipinski definition) is 1. The van der Waals surface area contributed by atoms with Gasteiger partial charge in [0.25, 0.3) is 5.91 Å². The van der Waals surface area contributed by atoms with Crippen LogP contribution in [0.4, 0.5) is 11.4 Å². The van der Waals surface area contributed by atoms with E-state index in [0.29, 0.717) is 29.3 Å². The molecule has 0 saturated carbocycles. The van der Waals surface area contributed by atoms with Gasteiger partial charge in [0.05, 0.1) is 23.8 Å². The van der Waals surface area contributed by atoms with Gasteiger partial charge in [-0.2, -0.15) is 5.10 Å². The zero-order chi connectivity index (χ0) is 20.5. The van der Waals surface area contributed by atoms with Crippen molar-refractivity contribution in [1.29, 1.82) is 0 Å². The molecule has 1 aromatic heterocycles. The highest BCUT2D eigenvalue weighted by Crippen LogP contribution is 2.25. The fourth-order valence-corrected chi connectivity index (χ4v) is 2.84. The van der Waals surface area contributed by atoms with Crippen LogP contribution in [0.5, 0.6) is 0 Å². The number of amides is 2. The van der Waals surface area contributed by atoms with E-state index in [1.165, 1.54) is 5.01 Å². The number of nitrogens with zero attached hydrogens (tertiary/aromatic N) is 4. The topological polar surface area (TPSA) is 87.6 Å². The van der Waals surface area contributed by atoms with Crippen LogP contribution in [0.2, 0.25) is 0 Å². The number of aryl methyl sites for hydroxylation is 2. The molecule has 28 heavy (non-hydrogen) atoms. The molecule has 3 rings (SSSR count). The smallest absolute Gasteiger partial charge is 0.271 e. The van der Waals surface area contributed by atoms with Gasteiger partial charge in [-0.25, -0.2) is 15.0 Å².